The summed E-state index contributed by atoms with van der Waals surface area (Å²) in [5.74, 6) is 0.266. The van der Waals surface area contributed by atoms with Gasteiger partial charge in [-0.1, -0.05) is 19.1 Å². The van der Waals surface area contributed by atoms with Crippen LogP contribution in [0.3, 0.4) is 0 Å². The number of aryl methyl sites for hydroxylation is 1. The Morgan fingerprint density at radius 3 is 2.64 bits per heavy atom. The summed E-state index contributed by atoms with van der Waals surface area (Å²) in [7, 11) is 1.52. The van der Waals surface area contributed by atoms with E-state index < -0.39 is 47.4 Å². The minimum absolute atomic E-state index is 0.0233. The van der Waals surface area contributed by atoms with E-state index in [-0.39, 0.29) is 43.3 Å². The Kier molecular flexibility index (Phi) is 8.86. The normalized spacial score (nSPS) is 27.9. The highest BCUT2D eigenvalue weighted by atomic mass is 32.2. The van der Waals surface area contributed by atoms with E-state index in [4.69, 9.17) is 23.7 Å². The molecule has 2 aromatic carbocycles. The van der Waals surface area contributed by atoms with Crippen molar-refractivity contribution in [3.8, 4) is 34.8 Å². The highest BCUT2D eigenvalue weighted by molar-refractivity contribution is 7.99. The maximum Gasteiger partial charge on any atom is 0.329 e. The van der Waals surface area contributed by atoms with Crippen molar-refractivity contribution < 1.29 is 43.2 Å². The van der Waals surface area contributed by atoms with E-state index in [0.717, 1.165) is 11.1 Å². The van der Waals surface area contributed by atoms with Crippen LogP contribution in [0, 0.1) is 25.2 Å². The molecule has 0 aromatic heterocycles. The summed E-state index contributed by atoms with van der Waals surface area (Å²) in [5, 5.41) is 25.3. The lowest BCUT2D eigenvalue weighted by Crippen LogP contribution is -2.70. The highest BCUT2D eigenvalue weighted by Gasteiger charge is 2.61. The average molecular weight is 705 g/mol. The number of hydrogen-bond donors (Lipinski definition) is 2. The number of fused-ring (bicyclic) bond motifs is 9. The topological polar surface area (TPSA) is 160 Å². The fraction of sp³-hybridized carbons (Fsp3) is 0.500. The van der Waals surface area contributed by atoms with Crippen LogP contribution in [0.5, 0.6) is 28.7 Å². The summed E-state index contributed by atoms with van der Waals surface area (Å²) in [4.78, 5) is 43.3. The molecule has 14 heteroatoms. The lowest BCUT2D eigenvalue weighted by molar-refractivity contribution is -0.153. The molecule has 2 N–H and O–H groups in total. The summed E-state index contributed by atoms with van der Waals surface area (Å²) in [6, 6.07) is 0.821. The first-order valence-electron chi connectivity index (χ1n) is 16.7. The number of rotatable bonds is 6. The van der Waals surface area contributed by atoms with Gasteiger partial charge in [-0.2, -0.15) is 5.26 Å². The number of esters is 2. The lowest BCUT2D eigenvalue weighted by Gasteiger charge is -2.62. The van der Waals surface area contributed by atoms with Crippen LogP contribution < -0.4 is 24.3 Å². The number of carbonyl (C=O) groups excluding carboxylic acids is 3. The predicted molar refractivity (Wildman–Crippen MR) is 181 cm³/mol. The van der Waals surface area contributed by atoms with Crippen molar-refractivity contribution >= 4 is 29.6 Å². The molecule has 13 nitrogen and oxygen atoms in total. The van der Waals surface area contributed by atoms with Gasteiger partial charge in [0.2, 0.25) is 12.7 Å². The van der Waals surface area contributed by atoms with Crippen molar-refractivity contribution in [1.82, 2.24) is 15.1 Å². The first kappa shape index (κ1) is 34.0. The highest BCUT2D eigenvalue weighted by Crippen LogP contribution is 2.64. The minimum atomic E-state index is -0.960. The lowest BCUT2D eigenvalue weighted by atomic mass is 9.71. The number of aromatic hydroxyl groups is 1. The van der Waals surface area contributed by atoms with Gasteiger partial charge in [-0.15, -0.1) is 18.3 Å². The van der Waals surface area contributed by atoms with E-state index in [1.54, 1.807) is 19.9 Å². The second-order valence-electron chi connectivity index (χ2n) is 13.2. The van der Waals surface area contributed by atoms with E-state index in [0.29, 0.717) is 58.2 Å². The number of piperazine rings is 1. The third kappa shape index (κ3) is 5.08. The molecule has 7 atom stereocenters. The predicted octanol–water partition coefficient (Wildman–Crippen LogP) is 3.68. The molecule has 0 saturated carbocycles. The van der Waals surface area contributed by atoms with Crippen LogP contribution in [0.15, 0.2) is 18.7 Å². The number of methoxy groups -OCH3 is 1. The standard InChI is InChI=1S/C36H40N4O9S/c1-7-9-39-21-11-19-10-16(3)31(45-6)30(43)25(19)28(39)29-35-27-26(34-33(47-15-48-34)17(4)32(27)49-18(5)41)23(40(29)22(21)12-37)13-46-36(44)20(14-50-35)38-24(42)8-2/h7,10,20-23,28-29,35,43H,1,8-9,11,13-15H2,2-6H3,(H,38,42)/t20?,21?,22-,23+,28?,29?,35+/m0/s1. The van der Waals surface area contributed by atoms with E-state index in [9.17, 15) is 24.8 Å². The largest absolute Gasteiger partial charge is 0.504 e. The van der Waals surface area contributed by atoms with Crippen LogP contribution in [0.2, 0.25) is 0 Å². The molecule has 5 aliphatic rings. The SMILES string of the molecule is C=CCN1C2c3c(cc(C)c(OC)c3O)CC1[C@H](C#N)N1C2[C@@H]2SCC(NC(=O)CC)C(=O)OC[C@@H]1c1c3c(c(C)c(OC(C)=O)c12)OCO3. The van der Waals surface area contributed by atoms with Gasteiger partial charge < -0.3 is 34.1 Å². The van der Waals surface area contributed by atoms with Crippen molar-refractivity contribution in [2.24, 2.45) is 0 Å². The average Bonchev–Trinajstić information content (AvgIpc) is 3.58. The van der Waals surface area contributed by atoms with E-state index in [1.807, 2.05) is 13.0 Å². The van der Waals surface area contributed by atoms with Crippen LogP contribution in [-0.2, 0) is 25.5 Å². The zero-order valence-electron chi connectivity index (χ0n) is 28.6. The molecule has 4 bridgehead atoms. The van der Waals surface area contributed by atoms with Gasteiger partial charge in [0.05, 0.1) is 30.5 Å². The number of cyclic esters (lactones) is 1. The Morgan fingerprint density at radius 1 is 1.20 bits per heavy atom. The van der Waals surface area contributed by atoms with Gasteiger partial charge in [0.1, 0.15) is 24.4 Å². The van der Waals surface area contributed by atoms with Gasteiger partial charge in [-0.25, -0.2) is 4.79 Å². The van der Waals surface area contributed by atoms with E-state index >= 15 is 0 Å². The quantitative estimate of drug-likeness (QED) is 0.255. The summed E-state index contributed by atoms with van der Waals surface area (Å²) in [6.07, 6.45) is 2.44. The monoisotopic (exact) mass is 704 g/mol. The zero-order chi connectivity index (χ0) is 35.6. The number of hydrogen-bond acceptors (Lipinski definition) is 13. The molecular weight excluding hydrogens is 664 g/mol. The van der Waals surface area contributed by atoms with Gasteiger partial charge in [-0.3, -0.25) is 19.4 Å². The van der Waals surface area contributed by atoms with Gasteiger partial charge >= 0.3 is 11.9 Å². The maximum absolute atomic E-state index is 13.6. The summed E-state index contributed by atoms with van der Waals surface area (Å²) in [5.41, 5.74) is 4.23. The van der Waals surface area contributed by atoms with Crippen LogP contribution in [0.1, 0.15) is 71.0 Å². The van der Waals surface area contributed by atoms with Gasteiger partial charge in [-0.05, 0) is 31.4 Å². The van der Waals surface area contributed by atoms with Crippen LogP contribution >= 0.6 is 11.8 Å². The Hall–Kier alpha value is -4.45. The van der Waals surface area contributed by atoms with Crippen LogP contribution in [0.25, 0.3) is 0 Å². The molecule has 264 valence electrons. The first-order chi connectivity index (χ1) is 24.1. The molecule has 5 aliphatic heterocycles. The number of thioether (sulfide) groups is 1. The number of phenolic OH excluding ortho intramolecular Hbond substituents is 1. The molecule has 0 radical (unpaired) electrons. The molecule has 2 aromatic rings. The summed E-state index contributed by atoms with van der Waals surface area (Å²) in [6.45, 7) is 10.9. The number of phenols is 1. The second-order valence-corrected chi connectivity index (χ2v) is 14.3. The molecule has 7 rings (SSSR count). The van der Waals surface area contributed by atoms with Crippen molar-refractivity contribution in [3.05, 3.63) is 52.1 Å². The minimum Gasteiger partial charge on any atom is -0.504 e. The van der Waals surface area contributed by atoms with E-state index in [1.165, 1.54) is 25.8 Å². The fourth-order valence-corrected chi connectivity index (χ4v) is 10.1. The third-order valence-corrected chi connectivity index (χ3v) is 11.9. The molecule has 2 saturated heterocycles. The molecule has 4 unspecified atom stereocenters. The Labute approximate surface area is 294 Å². The van der Waals surface area contributed by atoms with Crippen LogP contribution in [0.4, 0.5) is 0 Å². The first-order valence-corrected chi connectivity index (χ1v) is 17.8. The molecule has 5 heterocycles. The number of nitrogens with one attached hydrogen (secondary N) is 1. The number of nitrogens with zero attached hydrogens (tertiary/aromatic N) is 3. The maximum atomic E-state index is 13.6. The molecule has 0 spiro atoms. The Bertz CT molecular complexity index is 1840. The Morgan fingerprint density at radius 2 is 1.96 bits per heavy atom. The molecule has 1 amide bonds. The molecule has 0 aliphatic carbocycles. The van der Waals surface area contributed by atoms with Crippen molar-refractivity contribution in [3.63, 3.8) is 0 Å². The molecule has 50 heavy (non-hydrogen) atoms. The number of benzene rings is 2. The van der Waals surface area contributed by atoms with Crippen LogP contribution in [-0.4, -0.2) is 89.7 Å². The fourth-order valence-electron chi connectivity index (χ4n) is 8.61. The number of amides is 1. The summed E-state index contributed by atoms with van der Waals surface area (Å²) < 4.78 is 29.8. The molecule has 2 fully saturated rings. The zero-order valence-corrected chi connectivity index (χ0v) is 29.4. The van der Waals surface area contributed by atoms with Crippen molar-refractivity contribution in [1.29, 1.82) is 5.26 Å². The van der Waals surface area contributed by atoms with Gasteiger partial charge in [0, 0.05) is 60.0 Å². The number of carbonyl (C=O) groups is 3. The molecular formula is C36H40N4O9S. The van der Waals surface area contributed by atoms with Gasteiger partial charge in [0.25, 0.3) is 0 Å². The van der Waals surface area contributed by atoms with E-state index in [2.05, 4.69) is 27.8 Å². The third-order valence-electron chi connectivity index (χ3n) is 10.5. The van der Waals surface area contributed by atoms with Crippen molar-refractivity contribution in [2.75, 3.05) is 32.8 Å². The number of ether oxygens (including phenoxy) is 5. The second kappa shape index (κ2) is 13.0. The smallest absolute Gasteiger partial charge is 0.329 e. The van der Waals surface area contributed by atoms with Gasteiger partial charge in [0.15, 0.2) is 23.0 Å². The Balaban J connectivity index is 1.55. The van der Waals surface area contributed by atoms with Crippen molar-refractivity contribution in [2.45, 2.75) is 82.0 Å². The summed E-state index contributed by atoms with van der Waals surface area (Å²) >= 11 is 1.40. The number of nitriles is 1.